The van der Waals surface area contributed by atoms with Gasteiger partial charge in [0.05, 0.1) is 0 Å². The second kappa shape index (κ2) is 7.43. The predicted molar refractivity (Wildman–Crippen MR) is 82.0 cm³/mol. The molecule has 3 heteroatoms. The molecule has 0 aromatic heterocycles. The van der Waals surface area contributed by atoms with Crippen LogP contribution in [0.4, 0.5) is 0 Å². The van der Waals surface area contributed by atoms with Crippen LogP contribution in [0, 0.1) is 0 Å². The van der Waals surface area contributed by atoms with Crippen molar-refractivity contribution >= 4 is 6.08 Å². The van der Waals surface area contributed by atoms with Gasteiger partial charge in [-0.3, -0.25) is 4.90 Å². The molecule has 19 heavy (non-hydrogen) atoms. The first-order valence-corrected chi connectivity index (χ1v) is 7.14. The number of rotatable bonds is 5. The lowest BCUT2D eigenvalue weighted by atomic mass is 10.1. The first-order valence-electron chi connectivity index (χ1n) is 7.14. The van der Waals surface area contributed by atoms with Crippen LogP contribution in [0.3, 0.4) is 0 Å². The topological polar surface area (TPSA) is 32.5 Å². The van der Waals surface area contributed by atoms with Gasteiger partial charge in [0.2, 0.25) is 0 Å². The van der Waals surface area contributed by atoms with Crippen LogP contribution < -0.4 is 5.73 Å². The van der Waals surface area contributed by atoms with E-state index in [2.05, 4.69) is 53.3 Å². The van der Waals surface area contributed by atoms with Crippen LogP contribution in [0.15, 0.2) is 36.4 Å². The predicted octanol–water partition coefficient (Wildman–Crippen LogP) is 1.66. The lowest BCUT2D eigenvalue weighted by molar-refractivity contribution is 0.115. The van der Waals surface area contributed by atoms with Crippen LogP contribution >= 0.6 is 0 Å². The van der Waals surface area contributed by atoms with Gasteiger partial charge in [0, 0.05) is 38.8 Å². The van der Waals surface area contributed by atoms with E-state index in [1.54, 1.807) is 0 Å². The van der Waals surface area contributed by atoms with Gasteiger partial charge in [0.15, 0.2) is 0 Å². The number of hydrogen-bond acceptors (Lipinski definition) is 3. The van der Waals surface area contributed by atoms with E-state index >= 15 is 0 Å². The summed E-state index contributed by atoms with van der Waals surface area (Å²) in [5.74, 6) is 0. The fourth-order valence-corrected chi connectivity index (χ4v) is 2.51. The molecular formula is C16H25N3. The van der Waals surface area contributed by atoms with Gasteiger partial charge >= 0.3 is 0 Å². The average Bonchev–Trinajstić information content (AvgIpc) is 2.46. The summed E-state index contributed by atoms with van der Waals surface area (Å²) in [6.45, 7) is 5.32. The third-order valence-electron chi connectivity index (χ3n) is 3.84. The van der Waals surface area contributed by atoms with Crippen LogP contribution in [0.2, 0.25) is 0 Å². The molecule has 0 spiro atoms. The van der Waals surface area contributed by atoms with E-state index in [1.807, 2.05) is 6.07 Å². The van der Waals surface area contributed by atoms with Gasteiger partial charge in [-0.15, -0.1) is 0 Å². The smallest absolute Gasteiger partial charge is 0.0254 e. The second-order valence-electron chi connectivity index (χ2n) is 5.28. The Kier molecular flexibility index (Phi) is 5.58. The average molecular weight is 259 g/mol. The highest BCUT2D eigenvalue weighted by molar-refractivity contribution is 5.48. The first kappa shape index (κ1) is 14.3. The SMILES string of the molecule is CN1CCN(C(CN)C/C=C\c2ccccc2)CC1. The Hall–Kier alpha value is -1.16. The van der Waals surface area contributed by atoms with Crippen molar-refractivity contribution in [1.29, 1.82) is 0 Å². The quantitative estimate of drug-likeness (QED) is 0.873. The Morgan fingerprint density at radius 1 is 1.16 bits per heavy atom. The summed E-state index contributed by atoms with van der Waals surface area (Å²) >= 11 is 0. The minimum absolute atomic E-state index is 0.480. The zero-order valence-electron chi connectivity index (χ0n) is 11.8. The number of benzene rings is 1. The molecular weight excluding hydrogens is 234 g/mol. The van der Waals surface area contributed by atoms with E-state index in [1.165, 1.54) is 5.56 Å². The molecule has 3 nitrogen and oxygen atoms in total. The van der Waals surface area contributed by atoms with Crippen molar-refractivity contribution in [2.24, 2.45) is 5.73 Å². The van der Waals surface area contributed by atoms with Crippen LogP contribution in [0.25, 0.3) is 6.08 Å². The van der Waals surface area contributed by atoms with Crippen molar-refractivity contribution in [3.05, 3.63) is 42.0 Å². The summed E-state index contributed by atoms with van der Waals surface area (Å²) in [4.78, 5) is 4.90. The molecule has 0 aliphatic carbocycles. The number of nitrogens with two attached hydrogens (primary N) is 1. The molecule has 2 N–H and O–H groups in total. The van der Waals surface area contributed by atoms with Crippen LogP contribution in [0.1, 0.15) is 12.0 Å². The zero-order chi connectivity index (χ0) is 13.5. The molecule has 1 saturated heterocycles. The van der Waals surface area contributed by atoms with Crippen molar-refractivity contribution in [2.45, 2.75) is 12.5 Å². The van der Waals surface area contributed by atoms with E-state index in [-0.39, 0.29) is 0 Å². The molecule has 0 bridgehead atoms. The molecule has 1 heterocycles. The van der Waals surface area contributed by atoms with Gasteiger partial charge in [0.1, 0.15) is 0 Å². The second-order valence-corrected chi connectivity index (χ2v) is 5.28. The standard InChI is InChI=1S/C16H25N3/c1-18-10-12-19(13-11-18)16(14-17)9-5-8-15-6-3-2-4-7-15/h2-8,16H,9-14,17H2,1H3/b8-5-. The number of hydrogen-bond donors (Lipinski definition) is 1. The highest BCUT2D eigenvalue weighted by Crippen LogP contribution is 2.10. The highest BCUT2D eigenvalue weighted by Gasteiger charge is 2.20. The summed E-state index contributed by atoms with van der Waals surface area (Å²) in [5.41, 5.74) is 7.19. The Labute approximate surface area is 116 Å². The number of piperazine rings is 1. The molecule has 104 valence electrons. The molecule has 0 saturated carbocycles. The van der Waals surface area contributed by atoms with Crippen LogP contribution in [0.5, 0.6) is 0 Å². The van der Waals surface area contributed by atoms with Gasteiger partial charge in [-0.25, -0.2) is 0 Å². The fourth-order valence-electron chi connectivity index (χ4n) is 2.51. The summed E-state index contributed by atoms with van der Waals surface area (Å²) in [7, 11) is 2.18. The van der Waals surface area contributed by atoms with E-state index in [9.17, 15) is 0 Å². The normalized spacial score (nSPS) is 19.9. The minimum Gasteiger partial charge on any atom is -0.329 e. The van der Waals surface area contributed by atoms with E-state index in [0.29, 0.717) is 6.04 Å². The van der Waals surface area contributed by atoms with Gasteiger partial charge in [-0.05, 0) is 19.0 Å². The first-order chi connectivity index (χ1) is 9.29. The number of likely N-dealkylation sites (N-methyl/N-ethyl adjacent to an activating group) is 1. The maximum Gasteiger partial charge on any atom is 0.0254 e. The Morgan fingerprint density at radius 3 is 2.47 bits per heavy atom. The number of nitrogens with zero attached hydrogens (tertiary/aromatic N) is 2. The van der Waals surface area contributed by atoms with Gasteiger partial charge < -0.3 is 10.6 Å². The van der Waals surface area contributed by atoms with Crippen molar-refractivity contribution in [3.8, 4) is 0 Å². The summed E-state index contributed by atoms with van der Waals surface area (Å²) in [5, 5.41) is 0. The third kappa shape index (κ3) is 4.46. The molecule has 1 aromatic rings. The van der Waals surface area contributed by atoms with Crippen LogP contribution in [-0.4, -0.2) is 55.6 Å². The maximum absolute atomic E-state index is 5.93. The van der Waals surface area contributed by atoms with E-state index in [4.69, 9.17) is 5.73 Å². The van der Waals surface area contributed by atoms with Crippen LogP contribution in [-0.2, 0) is 0 Å². The lowest BCUT2D eigenvalue weighted by Crippen LogP contribution is -2.51. The summed E-state index contributed by atoms with van der Waals surface area (Å²) in [6, 6.07) is 10.9. The largest absolute Gasteiger partial charge is 0.329 e. The Balaban J connectivity index is 1.84. The molecule has 1 unspecified atom stereocenters. The monoisotopic (exact) mass is 259 g/mol. The Morgan fingerprint density at radius 2 is 1.84 bits per heavy atom. The van der Waals surface area contributed by atoms with Gasteiger partial charge in [-0.1, -0.05) is 42.5 Å². The third-order valence-corrected chi connectivity index (χ3v) is 3.84. The molecule has 1 atom stereocenters. The van der Waals surface area contributed by atoms with Gasteiger partial charge in [-0.2, -0.15) is 0 Å². The van der Waals surface area contributed by atoms with Crippen molar-refractivity contribution in [3.63, 3.8) is 0 Å². The zero-order valence-corrected chi connectivity index (χ0v) is 11.8. The molecule has 1 fully saturated rings. The van der Waals surface area contributed by atoms with Crippen molar-refractivity contribution in [1.82, 2.24) is 9.80 Å². The minimum atomic E-state index is 0.480. The van der Waals surface area contributed by atoms with E-state index < -0.39 is 0 Å². The molecule has 2 rings (SSSR count). The molecule has 1 aliphatic rings. The van der Waals surface area contributed by atoms with Crippen molar-refractivity contribution in [2.75, 3.05) is 39.8 Å². The lowest BCUT2D eigenvalue weighted by Gasteiger charge is -2.37. The summed E-state index contributed by atoms with van der Waals surface area (Å²) < 4.78 is 0. The van der Waals surface area contributed by atoms with E-state index in [0.717, 1.165) is 39.1 Å². The molecule has 0 amide bonds. The molecule has 1 aromatic carbocycles. The maximum atomic E-state index is 5.93. The molecule has 1 aliphatic heterocycles. The van der Waals surface area contributed by atoms with Crippen molar-refractivity contribution < 1.29 is 0 Å². The fraction of sp³-hybridized carbons (Fsp3) is 0.500. The highest BCUT2D eigenvalue weighted by atomic mass is 15.3. The summed E-state index contributed by atoms with van der Waals surface area (Å²) in [6.07, 6.45) is 5.49. The van der Waals surface area contributed by atoms with Gasteiger partial charge in [0.25, 0.3) is 0 Å². The molecule has 0 radical (unpaired) electrons. The Bertz CT molecular complexity index is 380.